The van der Waals surface area contributed by atoms with Crippen LogP contribution in [0.2, 0.25) is 0 Å². The van der Waals surface area contributed by atoms with Crippen LogP contribution >= 0.6 is 0 Å². The largest absolute Gasteiger partial charge is 0.497 e. The van der Waals surface area contributed by atoms with Crippen molar-refractivity contribution in [3.05, 3.63) is 30.9 Å². The predicted molar refractivity (Wildman–Crippen MR) is 92.6 cm³/mol. The molecular weight excluding hydrogens is 314 g/mol. The van der Waals surface area contributed by atoms with E-state index in [-0.39, 0.29) is 4.90 Å². The second-order valence-corrected chi connectivity index (χ2v) is 7.29. The molecule has 0 radical (unpaired) electrons. The number of rotatable bonds is 11. The summed E-state index contributed by atoms with van der Waals surface area (Å²) in [7, 11) is -0.450. The Hall–Kier alpha value is -1.53. The Labute approximate surface area is 140 Å². The van der Waals surface area contributed by atoms with Crippen LogP contribution in [0.3, 0.4) is 0 Å². The van der Waals surface area contributed by atoms with Crippen molar-refractivity contribution in [1.29, 1.82) is 0 Å². The maximum atomic E-state index is 12.8. The number of ether oxygens (including phenoxy) is 2. The lowest BCUT2D eigenvalue weighted by molar-refractivity contribution is 0.305. The van der Waals surface area contributed by atoms with Gasteiger partial charge in [-0.25, -0.2) is 12.7 Å². The van der Waals surface area contributed by atoms with Crippen LogP contribution in [0, 0.1) is 0 Å². The molecule has 23 heavy (non-hydrogen) atoms. The zero-order valence-corrected chi connectivity index (χ0v) is 15.1. The fraction of sp³-hybridized carbons (Fsp3) is 0.529. The Bertz CT molecular complexity index is 599. The van der Waals surface area contributed by atoms with Gasteiger partial charge in [-0.15, -0.1) is 6.58 Å². The minimum atomic E-state index is -3.59. The highest BCUT2D eigenvalue weighted by atomic mass is 32.2. The Morgan fingerprint density at radius 1 is 1.30 bits per heavy atom. The van der Waals surface area contributed by atoms with E-state index in [2.05, 4.69) is 6.58 Å². The standard InChI is InChI=1S/C17H27NO4S/c1-5-7-8-9-12-18(3)23(19,20)17-11-10-15(21-4)14-16(17)22-13-6-2/h5,10-11,14H,1,6-9,12-13H2,2-4H3. The molecule has 130 valence electrons. The summed E-state index contributed by atoms with van der Waals surface area (Å²) in [6, 6.07) is 4.80. The summed E-state index contributed by atoms with van der Waals surface area (Å²) < 4.78 is 37.7. The van der Waals surface area contributed by atoms with Crippen LogP contribution in [0.5, 0.6) is 11.5 Å². The van der Waals surface area contributed by atoms with Gasteiger partial charge in [0.25, 0.3) is 0 Å². The van der Waals surface area contributed by atoms with Crippen LogP contribution in [0.25, 0.3) is 0 Å². The van der Waals surface area contributed by atoms with E-state index in [1.54, 1.807) is 32.4 Å². The van der Waals surface area contributed by atoms with Crippen LogP contribution < -0.4 is 9.47 Å². The van der Waals surface area contributed by atoms with Gasteiger partial charge in [0.05, 0.1) is 13.7 Å². The summed E-state index contributed by atoms with van der Waals surface area (Å²) >= 11 is 0. The van der Waals surface area contributed by atoms with E-state index < -0.39 is 10.0 Å². The van der Waals surface area contributed by atoms with E-state index in [0.29, 0.717) is 24.7 Å². The molecule has 0 amide bonds. The first-order chi connectivity index (χ1) is 11.0. The molecule has 0 unspecified atom stereocenters. The van der Waals surface area contributed by atoms with Crippen molar-refractivity contribution in [2.24, 2.45) is 0 Å². The topological polar surface area (TPSA) is 55.8 Å². The molecule has 0 saturated heterocycles. The van der Waals surface area contributed by atoms with Crippen LogP contribution in [-0.2, 0) is 10.0 Å². The van der Waals surface area contributed by atoms with E-state index in [4.69, 9.17) is 9.47 Å². The minimum Gasteiger partial charge on any atom is -0.497 e. The van der Waals surface area contributed by atoms with Crippen molar-refractivity contribution in [3.63, 3.8) is 0 Å². The van der Waals surface area contributed by atoms with Gasteiger partial charge in [-0.3, -0.25) is 0 Å². The number of benzene rings is 1. The molecule has 1 rings (SSSR count). The molecule has 0 fully saturated rings. The summed E-state index contributed by atoms with van der Waals surface area (Å²) in [6.07, 6.45) is 5.25. The van der Waals surface area contributed by atoms with Crippen molar-refractivity contribution in [2.75, 3.05) is 27.3 Å². The Morgan fingerprint density at radius 2 is 2.04 bits per heavy atom. The molecule has 5 nitrogen and oxygen atoms in total. The van der Waals surface area contributed by atoms with Gasteiger partial charge in [-0.1, -0.05) is 13.0 Å². The third kappa shape index (κ3) is 5.55. The summed E-state index contributed by atoms with van der Waals surface area (Å²) in [5.41, 5.74) is 0. The third-order valence-electron chi connectivity index (χ3n) is 3.43. The average Bonchev–Trinajstić information content (AvgIpc) is 2.56. The highest BCUT2D eigenvalue weighted by Gasteiger charge is 2.25. The molecule has 0 aromatic heterocycles. The molecule has 6 heteroatoms. The normalized spacial score (nSPS) is 11.5. The van der Waals surface area contributed by atoms with Gasteiger partial charge in [0.2, 0.25) is 10.0 Å². The Balaban J connectivity index is 2.98. The van der Waals surface area contributed by atoms with E-state index in [1.807, 2.05) is 13.0 Å². The van der Waals surface area contributed by atoms with Gasteiger partial charge in [0.1, 0.15) is 16.4 Å². The second kappa shape index (κ2) is 9.57. The number of unbranched alkanes of at least 4 members (excludes halogenated alkanes) is 2. The molecule has 0 spiro atoms. The molecule has 0 saturated carbocycles. The Morgan fingerprint density at radius 3 is 2.65 bits per heavy atom. The molecule has 0 heterocycles. The molecule has 0 aliphatic heterocycles. The first-order valence-electron chi connectivity index (χ1n) is 7.85. The molecule has 0 atom stereocenters. The zero-order chi connectivity index (χ0) is 17.3. The van der Waals surface area contributed by atoms with Crippen LogP contribution in [0.1, 0.15) is 32.6 Å². The van der Waals surface area contributed by atoms with Gasteiger partial charge in [-0.05, 0) is 37.8 Å². The molecule has 0 bridgehead atoms. The molecule has 0 aliphatic carbocycles. The maximum absolute atomic E-state index is 12.8. The van der Waals surface area contributed by atoms with E-state index >= 15 is 0 Å². The monoisotopic (exact) mass is 341 g/mol. The first kappa shape index (κ1) is 19.5. The van der Waals surface area contributed by atoms with Gasteiger partial charge in [0.15, 0.2) is 0 Å². The van der Waals surface area contributed by atoms with E-state index in [9.17, 15) is 8.42 Å². The lowest BCUT2D eigenvalue weighted by Gasteiger charge is -2.19. The lowest BCUT2D eigenvalue weighted by atomic mass is 10.2. The SMILES string of the molecule is C=CCCCCN(C)S(=O)(=O)c1ccc(OC)cc1OCCC. The zero-order valence-electron chi connectivity index (χ0n) is 14.2. The van der Waals surface area contributed by atoms with Crippen LogP contribution in [0.15, 0.2) is 35.7 Å². The quantitative estimate of drug-likeness (QED) is 0.457. The highest BCUT2D eigenvalue weighted by molar-refractivity contribution is 7.89. The van der Waals surface area contributed by atoms with Crippen molar-refractivity contribution >= 4 is 10.0 Å². The van der Waals surface area contributed by atoms with E-state index in [0.717, 1.165) is 25.7 Å². The van der Waals surface area contributed by atoms with E-state index in [1.165, 1.54) is 4.31 Å². The van der Waals surface area contributed by atoms with Crippen LogP contribution in [0.4, 0.5) is 0 Å². The first-order valence-corrected chi connectivity index (χ1v) is 9.29. The lowest BCUT2D eigenvalue weighted by Crippen LogP contribution is -2.28. The van der Waals surface area contributed by atoms with Crippen molar-refractivity contribution < 1.29 is 17.9 Å². The summed E-state index contributed by atoms with van der Waals surface area (Å²) in [5, 5.41) is 0. The number of sulfonamides is 1. The Kier molecular flexibility index (Phi) is 8.12. The smallest absolute Gasteiger partial charge is 0.246 e. The number of allylic oxidation sites excluding steroid dienone is 1. The third-order valence-corrected chi connectivity index (χ3v) is 5.33. The average molecular weight is 341 g/mol. The van der Waals surface area contributed by atoms with Gasteiger partial charge in [0, 0.05) is 19.7 Å². The number of hydrogen-bond donors (Lipinski definition) is 0. The second-order valence-electron chi connectivity index (χ2n) is 5.27. The van der Waals surface area contributed by atoms with Crippen molar-refractivity contribution in [1.82, 2.24) is 4.31 Å². The number of methoxy groups -OCH3 is 1. The van der Waals surface area contributed by atoms with Crippen molar-refractivity contribution in [3.8, 4) is 11.5 Å². The molecule has 1 aromatic carbocycles. The predicted octanol–water partition coefficient (Wildman–Crippen LogP) is 3.46. The molecule has 0 aliphatic rings. The highest BCUT2D eigenvalue weighted by Crippen LogP contribution is 2.30. The van der Waals surface area contributed by atoms with Crippen LogP contribution in [-0.4, -0.2) is 40.0 Å². The molecular formula is C17H27NO4S. The fourth-order valence-corrected chi connectivity index (χ4v) is 3.38. The minimum absolute atomic E-state index is 0.179. The maximum Gasteiger partial charge on any atom is 0.246 e. The molecule has 0 N–H and O–H groups in total. The number of hydrogen-bond acceptors (Lipinski definition) is 4. The fourth-order valence-electron chi connectivity index (χ4n) is 2.06. The summed E-state index contributed by atoms with van der Waals surface area (Å²) in [5.74, 6) is 0.910. The number of nitrogens with zero attached hydrogens (tertiary/aromatic N) is 1. The van der Waals surface area contributed by atoms with Gasteiger partial charge < -0.3 is 9.47 Å². The summed E-state index contributed by atoms with van der Waals surface area (Å²) in [6.45, 7) is 6.57. The van der Waals surface area contributed by atoms with Gasteiger partial charge in [-0.2, -0.15) is 0 Å². The van der Waals surface area contributed by atoms with Gasteiger partial charge >= 0.3 is 0 Å². The molecule has 1 aromatic rings. The van der Waals surface area contributed by atoms with Crippen molar-refractivity contribution in [2.45, 2.75) is 37.5 Å². The summed E-state index contributed by atoms with van der Waals surface area (Å²) in [4.78, 5) is 0.179.